The van der Waals surface area contributed by atoms with Crippen LogP contribution in [0.3, 0.4) is 0 Å². The molecule has 1 saturated heterocycles. The molecule has 0 unspecified atom stereocenters. The summed E-state index contributed by atoms with van der Waals surface area (Å²) in [6.45, 7) is 0.508. The summed E-state index contributed by atoms with van der Waals surface area (Å²) in [5.74, 6) is -0.304. The molecule has 0 spiro atoms. The average molecular weight is 363 g/mol. The van der Waals surface area contributed by atoms with Crippen LogP contribution in [0.2, 0.25) is 0 Å². The van der Waals surface area contributed by atoms with Gasteiger partial charge in [-0.25, -0.2) is 17.6 Å². The lowest BCUT2D eigenvalue weighted by molar-refractivity contribution is 0.143. The van der Waals surface area contributed by atoms with Crippen molar-refractivity contribution in [3.63, 3.8) is 0 Å². The number of carbonyl (C=O) groups is 1. The Balaban J connectivity index is 1.64. The van der Waals surface area contributed by atoms with Crippen molar-refractivity contribution in [2.45, 2.75) is 23.0 Å². The zero-order chi connectivity index (χ0) is 17.9. The molecule has 2 aromatic rings. The van der Waals surface area contributed by atoms with E-state index in [-0.39, 0.29) is 30.8 Å². The molecule has 0 atom stereocenters. The number of hydrogen-bond donors (Lipinski definition) is 0. The number of hydrogen-bond acceptors (Lipinski definition) is 4. The van der Waals surface area contributed by atoms with Gasteiger partial charge in [-0.3, -0.25) is 0 Å². The number of halogens is 1. The third kappa shape index (κ3) is 3.82. The van der Waals surface area contributed by atoms with Gasteiger partial charge in [0.15, 0.2) is 9.84 Å². The zero-order valence-corrected chi connectivity index (χ0v) is 14.3. The largest absolute Gasteiger partial charge is 0.415 e. The highest BCUT2D eigenvalue weighted by molar-refractivity contribution is 7.92. The fourth-order valence-electron chi connectivity index (χ4n) is 2.86. The second kappa shape index (κ2) is 7.23. The van der Waals surface area contributed by atoms with Crippen LogP contribution in [-0.4, -0.2) is 37.8 Å². The lowest BCUT2D eigenvalue weighted by Crippen LogP contribution is -2.43. The van der Waals surface area contributed by atoms with Crippen LogP contribution in [0.1, 0.15) is 12.8 Å². The Hall–Kier alpha value is -2.41. The molecule has 25 heavy (non-hydrogen) atoms. The third-order valence-electron chi connectivity index (χ3n) is 4.23. The van der Waals surface area contributed by atoms with E-state index in [1.165, 1.54) is 23.1 Å². The standard InChI is InChI=1S/C18H18FNO4S/c19-16-8-4-5-9-17(16)25(22,23)15-10-12-20(13-11-15)18(21)24-14-6-2-1-3-7-14/h1-9,15H,10-13H2. The molecule has 132 valence electrons. The molecule has 7 heteroatoms. The van der Waals surface area contributed by atoms with Crippen molar-refractivity contribution in [2.24, 2.45) is 0 Å². The first kappa shape index (κ1) is 17.4. The monoisotopic (exact) mass is 363 g/mol. The number of benzene rings is 2. The number of likely N-dealkylation sites (tertiary alicyclic amines) is 1. The molecule has 5 nitrogen and oxygen atoms in total. The Morgan fingerprint density at radius 2 is 1.60 bits per heavy atom. The molecular formula is C18H18FNO4S. The van der Waals surface area contributed by atoms with E-state index >= 15 is 0 Å². The first-order chi connectivity index (χ1) is 12.0. The molecule has 0 aliphatic carbocycles. The molecule has 0 radical (unpaired) electrons. The average Bonchev–Trinajstić information content (AvgIpc) is 2.63. The molecule has 2 aromatic carbocycles. The van der Waals surface area contributed by atoms with Gasteiger partial charge in [0, 0.05) is 13.1 Å². The third-order valence-corrected chi connectivity index (χ3v) is 6.52. The Morgan fingerprint density at radius 1 is 1.00 bits per heavy atom. The number of piperidine rings is 1. The number of sulfone groups is 1. The van der Waals surface area contributed by atoms with Crippen molar-refractivity contribution in [3.8, 4) is 5.75 Å². The summed E-state index contributed by atoms with van der Waals surface area (Å²) in [7, 11) is -3.75. The SMILES string of the molecule is O=C(Oc1ccccc1)N1CCC(S(=O)(=O)c2ccccc2F)CC1. The number of amides is 1. The first-order valence-corrected chi connectivity index (χ1v) is 9.53. The topological polar surface area (TPSA) is 63.7 Å². The van der Waals surface area contributed by atoms with E-state index < -0.39 is 27.0 Å². The van der Waals surface area contributed by atoms with Gasteiger partial charge in [0.1, 0.15) is 16.5 Å². The molecule has 0 aromatic heterocycles. The summed E-state index contributed by atoms with van der Waals surface area (Å²) in [6, 6.07) is 14.1. The second-order valence-corrected chi connectivity index (χ2v) is 8.04. The Labute approximate surface area is 145 Å². The van der Waals surface area contributed by atoms with E-state index in [0.29, 0.717) is 5.75 Å². The van der Waals surface area contributed by atoms with Crippen molar-refractivity contribution < 1.29 is 22.3 Å². The molecule has 1 fully saturated rings. The van der Waals surface area contributed by atoms with Gasteiger partial charge in [0.25, 0.3) is 0 Å². The van der Waals surface area contributed by atoms with Gasteiger partial charge in [-0.2, -0.15) is 0 Å². The van der Waals surface area contributed by atoms with E-state index in [0.717, 1.165) is 6.07 Å². The Bertz CT molecular complexity index is 846. The molecule has 3 rings (SSSR count). The van der Waals surface area contributed by atoms with Crippen molar-refractivity contribution in [2.75, 3.05) is 13.1 Å². The number of ether oxygens (including phenoxy) is 1. The summed E-state index contributed by atoms with van der Waals surface area (Å²) in [6.07, 6.45) is -0.00543. The van der Waals surface area contributed by atoms with Gasteiger partial charge in [0.2, 0.25) is 0 Å². The molecule has 1 aliphatic heterocycles. The molecule has 0 bridgehead atoms. The fourth-order valence-corrected chi connectivity index (χ4v) is 4.66. The van der Waals surface area contributed by atoms with Crippen LogP contribution in [0, 0.1) is 5.82 Å². The zero-order valence-electron chi connectivity index (χ0n) is 13.5. The second-order valence-electron chi connectivity index (χ2n) is 5.84. The van der Waals surface area contributed by atoms with Gasteiger partial charge in [-0.05, 0) is 37.1 Å². The summed E-state index contributed by atoms with van der Waals surface area (Å²) < 4.78 is 44.3. The lowest BCUT2D eigenvalue weighted by Gasteiger charge is -2.31. The van der Waals surface area contributed by atoms with Crippen molar-refractivity contribution in [3.05, 3.63) is 60.4 Å². The van der Waals surface area contributed by atoms with Gasteiger partial charge in [0.05, 0.1) is 5.25 Å². The van der Waals surface area contributed by atoms with Crippen LogP contribution in [0.15, 0.2) is 59.5 Å². The lowest BCUT2D eigenvalue weighted by atomic mass is 10.1. The summed E-state index contributed by atoms with van der Waals surface area (Å²) in [4.78, 5) is 13.3. The number of nitrogens with zero attached hydrogens (tertiary/aromatic N) is 1. The van der Waals surface area contributed by atoms with E-state index in [2.05, 4.69) is 0 Å². The van der Waals surface area contributed by atoms with Crippen LogP contribution in [0.4, 0.5) is 9.18 Å². The van der Waals surface area contributed by atoms with Crippen molar-refractivity contribution in [1.82, 2.24) is 4.90 Å². The van der Waals surface area contributed by atoms with Crippen LogP contribution in [0.25, 0.3) is 0 Å². The van der Waals surface area contributed by atoms with E-state index in [4.69, 9.17) is 4.74 Å². The van der Waals surface area contributed by atoms with Crippen molar-refractivity contribution in [1.29, 1.82) is 0 Å². The smallest absolute Gasteiger partial charge is 0.410 e. The minimum absolute atomic E-state index is 0.251. The molecular weight excluding hydrogens is 345 g/mol. The van der Waals surface area contributed by atoms with E-state index in [1.54, 1.807) is 24.3 Å². The van der Waals surface area contributed by atoms with Crippen LogP contribution in [-0.2, 0) is 9.84 Å². The Kier molecular flexibility index (Phi) is 5.03. The highest BCUT2D eigenvalue weighted by Gasteiger charge is 2.34. The summed E-state index contributed by atoms with van der Waals surface area (Å²) >= 11 is 0. The van der Waals surface area contributed by atoms with Crippen molar-refractivity contribution >= 4 is 15.9 Å². The predicted molar refractivity (Wildman–Crippen MR) is 90.6 cm³/mol. The first-order valence-electron chi connectivity index (χ1n) is 7.99. The van der Waals surface area contributed by atoms with Crippen LogP contribution < -0.4 is 4.74 Å². The highest BCUT2D eigenvalue weighted by Crippen LogP contribution is 2.26. The number of rotatable bonds is 3. The van der Waals surface area contributed by atoms with Crippen LogP contribution in [0.5, 0.6) is 5.75 Å². The van der Waals surface area contributed by atoms with Crippen LogP contribution >= 0.6 is 0 Å². The maximum Gasteiger partial charge on any atom is 0.415 e. The maximum atomic E-state index is 13.8. The normalized spacial score (nSPS) is 15.8. The van der Waals surface area contributed by atoms with E-state index in [9.17, 15) is 17.6 Å². The number of para-hydroxylation sites is 1. The fraction of sp³-hybridized carbons (Fsp3) is 0.278. The summed E-state index contributed by atoms with van der Waals surface area (Å²) in [5, 5.41) is -0.704. The molecule has 0 N–H and O–H groups in total. The summed E-state index contributed by atoms with van der Waals surface area (Å²) in [5.41, 5.74) is 0. The van der Waals surface area contributed by atoms with Gasteiger partial charge in [-0.15, -0.1) is 0 Å². The van der Waals surface area contributed by atoms with Gasteiger partial charge < -0.3 is 9.64 Å². The quantitative estimate of drug-likeness (QED) is 0.840. The van der Waals surface area contributed by atoms with Gasteiger partial charge in [-0.1, -0.05) is 30.3 Å². The maximum absolute atomic E-state index is 13.8. The predicted octanol–water partition coefficient (Wildman–Crippen LogP) is 3.26. The minimum atomic E-state index is -3.75. The Morgan fingerprint density at radius 3 is 2.24 bits per heavy atom. The molecule has 1 aliphatic rings. The number of carbonyl (C=O) groups excluding carboxylic acids is 1. The van der Waals surface area contributed by atoms with Gasteiger partial charge >= 0.3 is 6.09 Å². The highest BCUT2D eigenvalue weighted by atomic mass is 32.2. The minimum Gasteiger partial charge on any atom is -0.410 e. The molecule has 1 heterocycles. The van der Waals surface area contributed by atoms with E-state index in [1.807, 2.05) is 6.07 Å². The molecule has 1 amide bonds. The molecule has 0 saturated carbocycles.